The Kier molecular flexibility index (Phi) is 3.38. The van der Waals surface area contributed by atoms with Crippen LogP contribution in [0.5, 0.6) is 0 Å². The Morgan fingerprint density at radius 3 is 2.56 bits per heavy atom. The minimum absolute atomic E-state index is 0.413. The van der Waals surface area contributed by atoms with Gasteiger partial charge in [-0.1, -0.05) is 13.8 Å². The van der Waals surface area contributed by atoms with Crippen molar-refractivity contribution in [3.63, 3.8) is 0 Å². The lowest BCUT2D eigenvalue weighted by Crippen LogP contribution is -2.48. The summed E-state index contributed by atoms with van der Waals surface area (Å²) in [7, 11) is 3.18. The maximum absolute atomic E-state index is 11.5. The van der Waals surface area contributed by atoms with Crippen molar-refractivity contribution in [2.24, 2.45) is 12.8 Å². The molecule has 1 unspecified atom stereocenters. The summed E-state index contributed by atoms with van der Waals surface area (Å²) in [6.45, 7) is 5.72. The van der Waals surface area contributed by atoms with Crippen molar-refractivity contribution < 1.29 is 9.53 Å². The van der Waals surface area contributed by atoms with Crippen LogP contribution < -0.4 is 5.73 Å². The molecule has 0 fully saturated rings. The lowest BCUT2D eigenvalue weighted by atomic mass is 9.81. The van der Waals surface area contributed by atoms with Crippen LogP contribution in [0.3, 0.4) is 0 Å². The third kappa shape index (κ3) is 2.09. The van der Waals surface area contributed by atoms with E-state index in [9.17, 15) is 4.79 Å². The second kappa shape index (κ2) is 4.25. The van der Waals surface area contributed by atoms with Crippen molar-refractivity contribution in [3.05, 3.63) is 17.5 Å². The molecule has 0 saturated heterocycles. The van der Waals surface area contributed by atoms with E-state index in [4.69, 9.17) is 5.73 Å². The highest BCUT2D eigenvalue weighted by atomic mass is 16.5. The molecule has 5 nitrogen and oxygen atoms in total. The van der Waals surface area contributed by atoms with E-state index in [0.29, 0.717) is 0 Å². The molecular weight excluding hydrogens is 206 g/mol. The van der Waals surface area contributed by atoms with Crippen molar-refractivity contribution in [2.75, 3.05) is 7.11 Å². The number of esters is 1. The minimum Gasteiger partial charge on any atom is -0.468 e. The summed E-state index contributed by atoms with van der Waals surface area (Å²) in [6, 6.07) is 1.23. The summed E-state index contributed by atoms with van der Waals surface area (Å²) < 4.78 is 6.42. The largest absolute Gasteiger partial charge is 0.468 e. The van der Waals surface area contributed by atoms with Gasteiger partial charge in [0.1, 0.15) is 6.04 Å². The molecule has 0 aliphatic rings. The van der Waals surface area contributed by atoms with Crippen LogP contribution in [0.4, 0.5) is 0 Å². The molecule has 0 bridgehead atoms. The van der Waals surface area contributed by atoms with E-state index in [1.54, 1.807) is 4.68 Å². The Morgan fingerprint density at radius 2 is 2.19 bits per heavy atom. The number of methoxy groups -OCH3 is 1. The molecule has 0 spiro atoms. The Bertz CT molecular complexity index is 396. The van der Waals surface area contributed by atoms with Gasteiger partial charge in [-0.2, -0.15) is 5.10 Å². The first-order chi connectivity index (χ1) is 7.30. The number of nitrogens with zero attached hydrogens (tertiary/aromatic N) is 2. The first kappa shape index (κ1) is 12.7. The van der Waals surface area contributed by atoms with E-state index in [-0.39, 0.29) is 0 Å². The molecule has 0 radical (unpaired) electrons. The molecule has 0 aromatic carbocycles. The van der Waals surface area contributed by atoms with Crippen LogP contribution in [0.2, 0.25) is 0 Å². The highest BCUT2D eigenvalue weighted by molar-refractivity contribution is 5.77. The maximum atomic E-state index is 11.5. The Balaban J connectivity index is 3.10. The first-order valence-electron chi connectivity index (χ1n) is 5.15. The molecule has 1 rings (SSSR count). The van der Waals surface area contributed by atoms with Crippen LogP contribution in [-0.2, 0) is 22.0 Å². The number of hydrogen-bond donors (Lipinski definition) is 1. The topological polar surface area (TPSA) is 70.1 Å². The van der Waals surface area contributed by atoms with E-state index in [1.807, 2.05) is 33.9 Å². The van der Waals surface area contributed by atoms with E-state index < -0.39 is 17.4 Å². The number of carbonyl (C=O) groups is 1. The number of aromatic nitrogens is 2. The number of carbonyl (C=O) groups excluding carboxylic acids is 1. The van der Waals surface area contributed by atoms with Crippen LogP contribution in [0.15, 0.2) is 6.07 Å². The summed E-state index contributed by atoms with van der Waals surface area (Å²) >= 11 is 0. The van der Waals surface area contributed by atoms with Crippen LogP contribution in [0.25, 0.3) is 0 Å². The number of rotatable bonds is 3. The van der Waals surface area contributed by atoms with Gasteiger partial charge in [-0.25, -0.2) is 0 Å². The van der Waals surface area contributed by atoms with Crippen LogP contribution in [0, 0.1) is 6.92 Å². The van der Waals surface area contributed by atoms with Crippen molar-refractivity contribution in [3.8, 4) is 0 Å². The molecule has 0 saturated carbocycles. The highest BCUT2D eigenvalue weighted by Crippen LogP contribution is 2.26. The van der Waals surface area contributed by atoms with Crippen LogP contribution in [0.1, 0.15) is 25.2 Å². The van der Waals surface area contributed by atoms with Gasteiger partial charge in [0.2, 0.25) is 0 Å². The van der Waals surface area contributed by atoms with Gasteiger partial charge in [-0.3, -0.25) is 9.48 Å². The monoisotopic (exact) mass is 225 g/mol. The van der Waals surface area contributed by atoms with Gasteiger partial charge in [0.25, 0.3) is 0 Å². The number of ether oxygens (including phenoxy) is 1. The lowest BCUT2D eigenvalue weighted by molar-refractivity contribution is -0.143. The maximum Gasteiger partial charge on any atom is 0.323 e. The van der Waals surface area contributed by atoms with E-state index >= 15 is 0 Å². The standard InChI is InChI=1S/C11H19N3O2/c1-7-6-8(14(4)13-7)11(2,3)9(12)10(15)16-5/h6,9H,12H2,1-5H3. The first-order valence-corrected chi connectivity index (χ1v) is 5.15. The number of aryl methyl sites for hydroxylation is 2. The molecule has 1 aromatic rings. The normalized spacial score (nSPS) is 13.6. The molecule has 1 aromatic heterocycles. The Labute approximate surface area is 95.6 Å². The molecule has 2 N–H and O–H groups in total. The molecule has 90 valence electrons. The van der Waals surface area contributed by atoms with Crippen molar-refractivity contribution in [2.45, 2.75) is 32.2 Å². The zero-order chi connectivity index (χ0) is 12.5. The molecule has 0 aliphatic heterocycles. The molecule has 1 atom stereocenters. The average Bonchev–Trinajstić information content (AvgIpc) is 2.56. The summed E-state index contributed by atoms with van der Waals surface area (Å²) in [5, 5.41) is 4.25. The fraction of sp³-hybridized carbons (Fsp3) is 0.636. The molecule has 0 aliphatic carbocycles. The predicted molar refractivity (Wildman–Crippen MR) is 61.0 cm³/mol. The van der Waals surface area contributed by atoms with Gasteiger partial charge in [0, 0.05) is 18.2 Å². The van der Waals surface area contributed by atoms with Gasteiger partial charge in [-0.05, 0) is 13.0 Å². The predicted octanol–water partition coefficient (Wildman–Crippen LogP) is 0.506. The van der Waals surface area contributed by atoms with Gasteiger partial charge in [0.15, 0.2) is 0 Å². The third-order valence-corrected chi connectivity index (χ3v) is 2.89. The smallest absolute Gasteiger partial charge is 0.323 e. The second-order valence-corrected chi connectivity index (χ2v) is 4.52. The SMILES string of the molecule is COC(=O)C(N)C(C)(C)c1cc(C)nn1C. The number of nitrogens with two attached hydrogens (primary N) is 1. The summed E-state index contributed by atoms with van der Waals surface area (Å²) in [4.78, 5) is 11.5. The zero-order valence-corrected chi connectivity index (χ0v) is 10.4. The fourth-order valence-electron chi connectivity index (χ4n) is 1.79. The van der Waals surface area contributed by atoms with Gasteiger partial charge in [0.05, 0.1) is 12.8 Å². The molecule has 5 heteroatoms. The van der Waals surface area contributed by atoms with E-state index in [0.717, 1.165) is 11.4 Å². The Hall–Kier alpha value is -1.36. The van der Waals surface area contributed by atoms with Crippen molar-refractivity contribution in [1.29, 1.82) is 0 Å². The third-order valence-electron chi connectivity index (χ3n) is 2.89. The second-order valence-electron chi connectivity index (χ2n) is 4.52. The fourth-order valence-corrected chi connectivity index (χ4v) is 1.79. The van der Waals surface area contributed by atoms with Gasteiger partial charge >= 0.3 is 5.97 Å². The van der Waals surface area contributed by atoms with E-state index in [2.05, 4.69) is 9.84 Å². The quantitative estimate of drug-likeness (QED) is 0.761. The summed E-state index contributed by atoms with van der Waals surface area (Å²) in [6.07, 6.45) is 0. The zero-order valence-electron chi connectivity index (χ0n) is 10.4. The highest BCUT2D eigenvalue weighted by Gasteiger charge is 2.36. The van der Waals surface area contributed by atoms with E-state index in [1.165, 1.54) is 7.11 Å². The van der Waals surface area contributed by atoms with Gasteiger partial charge in [-0.15, -0.1) is 0 Å². The van der Waals surface area contributed by atoms with Crippen molar-refractivity contribution in [1.82, 2.24) is 9.78 Å². The summed E-state index contributed by atoms with van der Waals surface area (Å²) in [5.41, 5.74) is 7.21. The summed E-state index contributed by atoms with van der Waals surface area (Å²) in [5.74, 6) is -0.413. The molecule has 0 amide bonds. The molecule has 16 heavy (non-hydrogen) atoms. The van der Waals surface area contributed by atoms with Crippen LogP contribution in [-0.4, -0.2) is 28.9 Å². The van der Waals surface area contributed by atoms with Crippen molar-refractivity contribution >= 4 is 5.97 Å². The number of hydrogen-bond acceptors (Lipinski definition) is 4. The molecule has 1 heterocycles. The lowest BCUT2D eigenvalue weighted by Gasteiger charge is -2.29. The Morgan fingerprint density at radius 1 is 1.62 bits per heavy atom. The minimum atomic E-state index is -0.702. The molecular formula is C11H19N3O2. The van der Waals surface area contributed by atoms with Gasteiger partial charge < -0.3 is 10.5 Å². The average molecular weight is 225 g/mol. The van der Waals surface area contributed by atoms with Crippen LogP contribution >= 0.6 is 0 Å².